The molecule has 0 atom stereocenters. The number of aromatic hydroxyl groups is 1. The maximum atomic E-state index is 9.26. The van der Waals surface area contributed by atoms with Gasteiger partial charge in [-0.3, -0.25) is 0 Å². The van der Waals surface area contributed by atoms with Crippen LogP contribution >= 0.6 is 0 Å². The molecule has 0 saturated carbocycles. The first kappa shape index (κ1) is 13.6. The summed E-state index contributed by atoms with van der Waals surface area (Å²) in [5.74, 6) is 0.887. The normalized spacial score (nSPS) is 11.6. The van der Waals surface area contributed by atoms with Crippen molar-refractivity contribution >= 4 is 11.0 Å². The Morgan fingerprint density at radius 3 is 2.70 bits per heavy atom. The summed E-state index contributed by atoms with van der Waals surface area (Å²) in [5.41, 5.74) is 3.14. The van der Waals surface area contributed by atoms with Gasteiger partial charge in [-0.15, -0.1) is 5.10 Å². The molecule has 23 heavy (non-hydrogen) atoms. The zero-order valence-electron chi connectivity index (χ0n) is 12.6. The molecule has 7 heteroatoms. The van der Waals surface area contributed by atoms with Crippen molar-refractivity contribution in [2.45, 2.75) is 19.9 Å². The summed E-state index contributed by atoms with van der Waals surface area (Å²) in [7, 11) is 0. The van der Waals surface area contributed by atoms with E-state index >= 15 is 0 Å². The number of hydrogen-bond acceptors (Lipinski definition) is 6. The molecule has 0 aliphatic heterocycles. The summed E-state index contributed by atoms with van der Waals surface area (Å²) in [6, 6.07) is 10.9. The monoisotopic (exact) mass is 310 g/mol. The van der Waals surface area contributed by atoms with E-state index in [1.54, 1.807) is 12.1 Å². The van der Waals surface area contributed by atoms with E-state index < -0.39 is 0 Å². The molecule has 0 saturated heterocycles. The molecular weight excluding hydrogens is 296 g/mol. The zero-order chi connectivity index (χ0) is 16.0. The summed E-state index contributed by atoms with van der Waals surface area (Å²) in [4.78, 5) is 0. The topological polar surface area (TPSA) is 90.1 Å². The molecule has 0 aliphatic carbocycles. The minimum atomic E-state index is -0.156. The van der Waals surface area contributed by atoms with Crippen molar-refractivity contribution in [3.05, 3.63) is 36.4 Å². The highest BCUT2D eigenvalue weighted by Crippen LogP contribution is 2.30. The zero-order valence-corrected chi connectivity index (χ0v) is 12.6. The highest BCUT2D eigenvalue weighted by atomic mass is 16.5. The number of furan rings is 1. The quantitative estimate of drug-likeness (QED) is 0.621. The van der Waals surface area contributed by atoms with Crippen LogP contribution in [-0.4, -0.2) is 25.3 Å². The predicted octanol–water partition coefficient (Wildman–Crippen LogP) is 3.63. The van der Waals surface area contributed by atoms with Crippen LogP contribution in [0.15, 0.2) is 45.3 Å². The van der Waals surface area contributed by atoms with Gasteiger partial charge in [0.05, 0.1) is 5.52 Å². The molecule has 0 bridgehead atoms. The standard InChI is InChI=1S/C16H14N4O3/c1-9(2)20-13-4-3-10(7-11(13)17-19-20)15-8-12(18-23-15)14-5-6-16(21)22-14/h3-9,21H,1-2H3. The van der Waals surface area contributed by atoms with Gasteiger partial charge >= 0.3 is 0 Å². The molecule has 3 aromatic heterocycles. The van der Waals surface area contributed by atoms with Gasteiger partial charge in [0.2, 0.25) is 0 Å². The number of hydrogen-bond donors (Lipinski definition) is 1. The van der Waals surface area contributed by atoms with Gasteiger partial charge in [-0.25, -0.2) is 4.68 Å². The number of aromatic nitrogens is 4. The van der Waals surface area contributed by atoms with Crippen LogP contribution in [0.25, 0.3) is 33.8 Å². The van der Waals surface area contributed by atoms with E-state index in [-0.39, 0.29) is 12.0 Å². The molecule has 0 spiro atoms. The molecule has 7 nitrogen and oxygen atoms in total. The van der Waals surface area contributed by atoms with Gasteiger partial charge in [-0.1, -0.05) is 10.4 Å². The maximum absolute atomic E-state index is 9.26. The van der Waals surface area contributed by atoms with Crippen LogP contribution in [0.2, 0.25) is 0 Å². The van der Waals surface area contributed by atoms with E-state index in [4.69, 9.17) is 8.94 Å². The van der Waals surface area contributed by atoms with Crippen molar-refractivity contribution in [1.29, 1.82) is 0 Å². The Hall–Kier alpha value is -3.09. The third-order valence-corrected chi connectivity index (χ3v) is 3.60. The van der Waals surface area contributed by atoms with E-state index in [0.29, 0.717) is 17.2 Å². The second kappa shape index (κ2) is 4.98. The Labute approximate surface area is 131 Å². The second-order valence-corrected chi connectivity index (χ2v) is 5.55. The fourth-order valence-corrected chi connectivity index (χ4v) is 2.47. The first-order valence-electron chi connectivity index (χ1n) is 7.23. The Kier molecular flexibility index (Phi) is 2.94. The molecule has 116 valence electrons. The Bertz CT molecular complexity index is 980. The van der Waals surface area contributed by atoms with E-state index in [1.807, 2.05) is 22.9 Å². The van der Waals surface area contributed by atoms with Crippen molar-refractivity contribution in [2.75, 3.05) is 0 Å². The molecule has 0 amide bonds. The molecule has 4 rings (SSSR count). The van der Waals surface area contributed by atoms with Crippen molar-refractivity contribution in [3.63, 3.8) is 0 Å². The van der Waals surface area contributed by atoms with E-state index in [1.165, 1.54) is 6.07 Å². The molecule has 0 radical (unpaired) electrons. The second-order valence-electron chi connectivity index (χ2n) is 5.55. The molecule has 1 N–H and O–H groups in total. The van der Waals surface area contributed by atoms with Crippen molar-refractivity contribution in [2.24, 2.45) is 0 Å². The average Bonchev–Trinajstić information content (AvgIpc) is 3.24. The largest absolute Gasteiger partial charge is 0.481 e. The smallest absolute Gasteiger partial charge is 0.282 e. The third-order valence-electron chi connectivity index (χ3n) is 3.60. The molecule has 1 aromatic carbocycles. The number of rotatable bonds is 3. The molecular formula is C16H14N4O3. The van der Waals surface area contributed by atoms with Crippen LogP contribution in [0.3, 0.4) is 0 Å². The SMILES string of the molecule is CC(C)n1nnc2cc(-c3cc(-c4ccc(O)o4)no3)ccc21. The van der Waals surface area contributed by atoms with Crippen molar-refractivity contribution in [1.82, 2.24) is 20.2 Å². The van der Waals surface area contributed by atoms with E-state index in [9.17, 15) is 5.11 Å². The highest BCUT2D eigenvalue weighted by molar-refractivity contribution is 5.80. The van der Waals surface area contributed by atoms with E-state index in [0.717, 1.165) is 16.6 Å². The van der Waals surface area contributed by atoms with Gasteiger partial charge in [0.15, 0.2) is 11.5 Å². The fraction of sp³-hybridized carbons (Fsp3) is 0.188. The summed E-state index contributed by atoms with van der Waals surface area (Å²) >= 11 is 0. The molecule has 3 heterocycles. The lowest BCUT2D eigenvalue weighted by Crippen LogP contribution is -2.02. The van der Waals surface area contributed by atoms with Crippen LogP contribution < -0.4 is 0 Å². The van der Waals surface area contributed by atoms with Crippen LogP contribution in [0.1, 0.15) is 19.9 Å². The van der Waals surface area contributed by atoms with Gasteiger partial charge in [0, 0.05) is 23.7 Å². The number of benzene rings is 1. The van der Waals surface area contributed by atoms with Gasteiger partial charge in [0.1, 0.15) is 11.2 Å². The average molecular weight is 310 g/mol. The van der Waals surface area contributed by atoms with Gasteiger partial charge < -0.3 is 14.0 Å². The lowest BCUT2D eigenvalue weighted by Gasteiger charge is -2.05. The molecule has 0 fully saturated rings. The Morgan fingerprint density at radius 2 is 1.96 bits per heavy atom. The van der Waals surface area contributed by atoms with Crippen LogP contribution in [0.4, 0.5) is 0 Å². The van der Waals surface area contributed by atoms with Crippen LogP contribution in [-0.2, 0) is 0 Å². The first-order valence-corrected chi connectivity index (χ1v) is 7.23. The van der Waals surface area contributed by atoms with Crippen molar-refractivity contribution < 1.29 is 14.0 Å². The lowest BCUT2D eigenvalue weighted by atomic mass is 10.1. The van der Waals surface area contributed by atoms with E-state index in [2.05, 4.69) is 29.3 Å². The van der Waals surface area contributed by atoms with Crippen LogP contribution in [0, 0.1) is 0 Å². The minimum absolute atomic E-state index is 0.156. The van der Waals surface area contributed by atoms with Crippen molar-refractivity contribution in [3.8, 4) is 28.7 Å². The number of fused-ring (bicyclic) bond motifs is 1. The highest BCUT2D eigenvalue weighted by Gasteiger charge is 2.14. The predicted molar refractivity (Wildman–Crippen MR) is 82.8 cm³/mol. The Balaban J connectivity index is 1.73. The summed E-state index contributed by atoms with van der Waals surface area (Å²) in [6.45, 7) is 4.12. The number of nitrogens with zero attached hydrogens (tertiary/aromatic N) is 4. The Morgan fingerprint density at radius 1 is 1.09 bits per heavy atom. The maximum Gasteiger partial charge on any atom is 0.282 e. The fourth-order valence-electron chi connectivity index (χ4n) is 2.47. The summed E-state index contributed by atoms with van der Waals surface area (Å²) in [6.07, 6.45) is 0. The van der Waals surface area contributed by atoms with Crippen LogP contribution in [0.5, 0.6) is 5.95 Å². The summed E-state index contributed by atoms with van der Waals surface area (Å²) < 4.78 is 12.4. The molecule has 0 unspecified atom stereocenters. The molecule has 4 aromatic rings. The molecule has 0 aliphatic rings. The first-order chi connectivity index (χ1) is 11.1. The van der Waals surface area contributed by atoms with Gasteiger partial charge in [-0.05, 0) is 38.1 Å². The van der Waals surface area contributed by atoms with Gasteiger partial charge in [0.25, 0.3) is 5.95 Å². The third kappa shape index (κ3) is 2.26. The summed E-state index contributed by atoms with van der Waals surface area (Å²) in [5, 5.41) is 21.6. The minimum Gasteiger partial charge on any atom is -0.481 e. The lowest BCUT2D eigenvalue weighted by molar-refractivity contribution is 0.336. The van der Waals surface area contributed by atoms with Gasteiger partial charge in [-0.2, -0.15) is 0 Å².